The molecule has 0 atom stereocenters. The van der Waals surface area contributed by atoms with E-state index in [0.29, 0.717) is 5.52 Å². The zero-order valence-electron chi connectivity index (χ0n) is 12.2. The smallest absolute Gasteiger partial charge is 0.406 e. The van der Waals surface area contributed by atoms with Crippen LogP contribution in [0.4, 0.5) is 38.0 Å². The van der Waals surface area contributed by atoms with Gasteiger partial charge in [0.05, 0.1) is 16.6 Å². The van der Waals surface area contributed by atoms with Gasteiger partial charge in [-0.2, -0.15) is 13.2 Å². The predicted octanol–water partition coefficient (Wildman–Crippen LogP) is 5.22. The summed E-state index contributed by atoms with van der Waals surface area (Å²) in [5.41, 5.74) is -0.157. The molecule has 0 fully saturated rings. The molecule has 1 heterocycles. The predicted molar refractivity (Wildman–Crippen MR) is 77.5 cm³/mol. The lowest BCUT2D eigenvalue weighted by Crippen LogP contribution is -2.16. The number of aromatic amines is 1. The van der Waals surface area contributed by atoms with Gasteiger partial charge in [0, 0.05) is 11.8 Å². The highest BCUT2D eigenvalue weighted by Gasteiger charge is 2.31. The second-order valence-corrected chi connectivity index (χ2v) is 5.02. The number of benzene rings is 2. The number of anilines is 2. The molecule has 1 aromatic heterocycles. The van der Waals surface area contributed by atoms with Crippen LogP contribution in [0.3, 0.4) is 0 Å². The minimum atomic E-state index is -4.83. The largest absolute Gasteiger partial charge is 0.573 e. The van der Waals surface area contributed by atoms with Crippen molar-refractivity contribution in [2.45, 2.75) is 12.5 Å². The molecule has 3 rings (SSSR count). The highest BCUT2D eigenvalue weighted by molar-refractivity contribution is 5.80. The lowest BCUT2D eigenvalue weighted by atomic mass is 10.2. The van der Waals surface area contributed by atoms with Gasteiger partial charge in [-0.1, -0.05) is 6.07 Å². The summed E-state index contributed by atoms with van der Waals surface area (Å²) in [4.78, 5) is 6.73. The Morgan fingerprint density at radius 1 is 0.960 bits per heavy atom. The molecule has 0 amide bonds. The summed E-state index contributed by atoms with van der Waals surface area (Å²) in [5.74, 6) is -0.354. The van der Waals surface area contributed by atoms with Crippen molar-refractivity contribution >= 4 is 22.7 Å². The van der Waals surface area contributed by atoms with E-state index in [4.69, 9.17) is 0 Å². The SMILES string of the molecule is FC(F)(F)Oc1ccc2nc(Nc3cccc(C(F)(F)F)c3)[nH]c2c1. The maximum absolute atomic E-state index is 12.7. The van der Waals surface area contributed by atoms with Gasteiger partial charge in [0.2, 0.25) is 5.95 Å². The van der Waals surface area contributed by atoms with Crippen LogP contribution in [-0.4, -0.2) is 16.3 Å². The monoisotopic (exact) mass is 361 g/mol. The maximum Gasteiger partial charge on any atom is 0.573 e. The van der Waals surface area contributed by atoms with E-state index in [0.717, 1.165) is 24.3 Å². The van der Waals surface area contributed by atoms with Crippen LogP contribution in [0, 0.1) is 0 Å². The van der Waals surface area contributed by atoms with Gasteiger partial charge in [-0.15, -0.1) is 13.2 Å². The van der Waals surface area contributed by atoms with Gasteiger partial charge in [0.1, 0.15) is 5.75 Å². The first kappa shape index (κ1) is 16.9. The quantitative estimate of drug-likeness (QED) is 0.629. The lowest BCUT2D eigenvalue weighted by Gasteiger charge is -2.09. The standard InChI is InChI=1S/C15H9F6N3O/c16-14(17,18)8-2-1-3-9(6-8)22-13-23-11-5-4-10(7-12(11)24-13)25-15(19,20)21/h1-7H,(H2,22,23,24). The van der Waals surface area contributed by atoms with Crippen LogP contribution in [0.15, 0.2) is 42.5 Å². The Labute approximate surface area is 136 Å². The summed E-state index contributed by atoms with van der Waals surface area (Å²) < 4.78 is 78.5. The highest BCUT2D eigenvalue weighted by Crippen LogP contribution is 2.31. The molecular formula is C15H9F6N3O. The van der Waals surface area contributed by atoms with Gasteiger partial charge in [-0.25, -0.2) is 4.98 Å². The first-order valence-electron chi connectivity index (χ1n) is 6.80. The van der Waals surface area contributed by atoms with Crippen LogP contribution in [0.1, 0.15) is 5.56 Å². The highest BCUT2D eigenvalue weighted by atomic mass is 19.4. The normalized spacial score (nSPS) is 12.4. The van der Waals surface area contributed by atoms with Crippen LogP contribution in [0.5, 0.6) is 5.75 Å². The van der Waals surface area contributed by atoms with E-state index in [9.17, 15) is 26.3 Å². The second kappa shape index (κ2) is 5.87. The number of ether oxygens (including phenoxy) is 1. The Hall–Kier alpha value is -2.91. The maximum atomic E-state index is 12.7. The summed E-state index contributed by atoms with van der Waals surface area (Å²) in [5, 5.41) is 2.64. The van der Waals surface area contributed by atoms with Crippen molar-refractivity contribution < 1.29 is 31.1 Å². The average molecular weight is 361 g/mol. The van der Waals surface area contributed by atoms with E-state index in [1.54, 1.807) is 0 Å². The summed E-state index contributed by atoms with van der Waals surface area (Å²) in [6.45, 7) is 0. The number of nitrogens with zero attached hydrogens (tertiary/aromatic N) is 1. The molecule has 2 N–H and O–H groups in total. The number of rotatable bonds is 3. The number of hydrogen-bond donors (Lipinski definition) is 2. The number of aromatic nitrogens is 2. The third-order valence-electron chi connectivity index (χ3n) is 3.14. The number of alkyl halides is 6. The van der Waals surface area contributed by atoms with Crippen LogP contribution in [0.2, 0.25) is 0 Å². The summed E-state index contributed by atoms with van der Waals surface area (Å²) in [6.07, 6.45) is -9.32. The molecule has 0 bridgehead atoms. The fourth-order valence-corrected chi connectivity index (χ4v) is 2.16. The molecule has 0 saturated heterocycles. The molecule has 2 aromatic carbocycles. The molecule has 25 heavy (non-hydrogen) atoms. The molecule has 3 aromatic rings. The number of fused-ring (bicyclic) bond motifs is 1. The Bertz CT molecular complexity index is 900. The molecule has 0 spiro atoms. The Kier molecular flexibility index (Phi) is 3.97. The first-order chi connectivity index (χ1) is 11.6. The first-order valence-corrected chi connectivity index (χ1v) is 6.80. The van der Waals surface area contributed by atoms with Crippen molar-refractivity contribution in [2.24, 2.45) is 0 Å². The van der Waals surface area contributed by atoms with Gasteiger partial charge in [-0.3, -0.25) is 0 Å². The zero-order chi connectivity index (χ0) is 18.2. The summed E-state index contributed by atoms with van der Waals surface area (Å²) in [7, 11) is 0. The van der Waals surface area contributed by atoms with Crippen molar-refractivity contribution in [1.82, 2.24) is 9.97 Å². The Morgan fingerprint density at radius 2 is 1.72 bits per heavy atom. The molecular weight excluding hydrogens is 352 g/mol. The van der Waals surface area contributed by atoms with Crippen molar-refractivity contribution in [2.75, 3.05) is 5.32 Å². The van der Waals surface area contributed by atoms with E-state index in [-0.39, 0.29) is 17.2 Å². The summed E-state index contributed by atoms with van der Waals surface area (Å²) in [6, 6.07) is 7.92. The van der Waals surface area contributed by atoms with Crippen molar-refractivity contribution in [3.63, 3.8) is 0 Å². The van der Waals surface area contributed by atoms with Crippen molar-refractivity contribution in [3.05, 3.63) is 48.0 Å². The number of nitrogens with one attached hydrogen (secondary N) is 2. The van der Waals surface area contributed by atoms with E-state index in [1.165, 1.54) is 18.2 Å². The van der Waals surface area contributed by atoms with Gasteiger partial charge < -0.3 is 15.0 Å². The fourth-order valence-electron chi connectivity index (χ4n) is 2.16. The van der Waals surface area contributed by atoms with Gasteiger partial charge in [-0.05, 0) is 30.3 Å². The van der Waals surface area contributed by atoms with Crippen molar-refractivity contribution in [1.29, 1.82) is 0 Å². The van der Waals surface area contributed by atoms with E-state index < -0.39 is 23.9 Å². The van der Waals surface area contributed by atoms with Gasteiger partial charge in [0.15, 0.2) is 0 Å². The molecule has 0 saturated carbocycles. The Morgan fingerprint density at radius 3 is 2.40 bits per heavy atom. The topological polar surface area (TPSA) is 49.9 Å². The van der Waals surface area contributed by atoms with Crippen molar-refractivity contribution in [3.8, 4) is 5.75 Å². The molecule has 10 heteroatoms. The third kappa shape index (κ3) is 4.14. The van der Waals surface area contributed by atoms with Crippen LogP contribution in [-0.2, 0) is 6.18 Å². The van der Waals surface area contributed by atoms with Gasteiger partial charge in [0.25, 0.3) is 0 Å². The van der Waals surface area contributed by atoms with Crippen LogP contribution < -0.4 is 10.1 Å². The Balaban J connectivity index is 1.85. The van der Waals surface area contributed by atoms with Crippen LogP contribution >= 0.6 is 0 Å². The van der Waals surface area contributed by atoms with E-state index in [2.05, 4.69) is 20.0 Å². The zero-order valence-corrected chi connectivity index (χ0v) is 12.2. The molecule has 132 valence electrons. The molecule has 0 unspecified atom stereocenters. The van der Waals surface area contributed by atoms with Crippen LogP contribution in [0.25, 0.3) is 11.0 Å². The van der Waals surface area contributed by atoms with E-state index in [1.807, 2.05) is 0 Å². The molecule has 0 radical (unpaired) electrons. The minimum absolute atomic E-state index is 0.0819. The number of hydrogen-bond acceptors (Lipinski definition) is 3. The molecule has 4 nitrogen and oxygen atoms in total. The summed E-state index contributed by atoms with van der Waals surface area (Å²) >= 11 is 0. The molecule has 0 aliphatic heterocycles. The fraction of sp³-hybridized carbons (Fsp3) is 0.133. The minimum Gasteiger partial charge on any atom is -0.406 e. The molecule has 0 aliphatic carbocycles. The number of halogens is 6. The number of imidazole rings is 1. The number of H-pyrrole nitrogens is 1. The molecule has 0 aliphatic rings. The average Bonchev–Trinajstić information content (AvgIpc) is 2.86. The van der Waals surface area contributed by atoms with E-state index >= 15 is 0 Å². The lowest BCUT2D eigenvalue weighted by molar-refractivity contribution is -0.274. The van der Waals surface area contributed by atoms with Gasteiger partial charge >= 0.3 is 12.5 Å². The second-order valence-electron chi connectivity index (χ2n) is 5.02. The third-order valence-corrected chi connectivity index (χ3v) is 3.14.